The van der Waals surface area contributed by atoms with Gasteiger partial charge in [0, 0.05) is 6.42 Å². The van der Waals surface area contributed by atoms with Gasteiger partial charge in [-0.1, -0.05) is 84.5 Å². The molecule has 0 radical (unpaired) electrons. The molecule has 0 aromatic heterocycles. The van der Waals surface area contributed by atoms with Crippen molar-refractivity contribution in [3.05, 3.63) is 0 Å². The fraction of sp³-hybridized carbons (Fsp3) is 0.944. The third-order valence-corrected chi connectivity index (χ3v) is 3.55. The maximum atomic E-state index is 10.2. The van der Waals surface area contributed by atoms with Crippen molar-refractivity contribution in [2.24, 2.45) is 5.73 Å². The number of aliphatic carboxylic acids is 1. The maximum Gasteiger partial charge on any atom is 0.303 e. The van der Waals surface area contributed by atoms with E-state index in [9.17, 15) is 4.79 Å². The number of nitrogens with two attached hydrogens (primary N) is 1. The Morgan fingerprint density at radius 2 is 1.10 bits per heavy atom. The lowest BCUT2D eigenvalue weighted by Gasteiger charge is -2.00. The summed E-state index contributed by atoms with van der Waals surface area (Å²) in [5, 5.41) is 8.41. The molecule has 0 saturated heterocycles. The molecule has 3 nitrogen and oxygen atoms in total. The van der Waals surface area contributed by atoms with E-state index in [1.807, 2.05) is 0 Å². The minimum atomic E-state index is -0.659. The number of rotatable bonds is 14. The molecule has 0 rings (SSSR count). The molecule has 0 aliphatic carbocycles. The van der Waals surface area contributed by atoms with Crippen molar-refractivity contribution in [3.8, 4) is 0 Å². The van der Waals surface area contributed by atoms with Gasteiger partial charge in [-0.15, -0.1) is 0 Å². The van der Waals surface area contributed by atoms with Crippen molar-refractivity contribution >= 4 is 5.97 Å². The quantitative estimate of drug-likeness (QED) is 0.415. The van der Waals surface area contributed by atoms with E-state index in [-0.39, 0.29) is 0 Å². The van der Waals surface area contributed by atoms with E-state index in [1.54, 1.807) is 0 Å². The van der Waals surface area contributed by atoms with E-state index >= 15 is 0 Å². The lowest BCUT2D eigenvalue weighted by molar-refractivity contribution is -0.137. The number of carboxylic acid groups (broad SMARTS) is 1. The first kappa shape index (κ1) is 22.7. The lowest BCUT2D eigenvalue weighted by Crippen LogP contribution is -1.97. The minimum Gasteiger partial charge on any atom is -0.481 e. The molecular formula is C18H39NO2. The molecule has 0 heterocycles. The summed E-state index contributed by atoms with van der Waals surface area (Å²) < 4.78 is 0. The van der Waals surface area contributed by atoms with Crippen LogP contribution < -0.4 is 5.73 Å². The van der Waals surface area contributed by atoms with Crippen molar-refractivity contribution in [2.45, 2.75) is 104 Å². The molecule has 0 fully saturated rings. The number of unbranched alkanes of at least 4 members (excludes halogenated alkanes) is 11. The fourth-order valence-corrected chi connectivity index (χ4v) is 2.16. The van der Waals surface area contributed by atoms with Gasteiger partial charge in [0.25, 0.3) is 0 Å². The van der Waals surface area contributed by atoms with Gasteiger partial charge >= 0.3 is 5.97 Å². The van der Waals surface area contributed by atoms with Crippen LogP contribution in [0.15, 0.2) is 0 Å². The lowest BCUT2D eigenvalue weighted by atomic mass is 10.1. The van der Waals surface area contributed by atoms with E-state index in [2.05, 4.69) is 13.8 Å². The number of hydrogen-bond donors (Lipinski definition) is 2. The molecule has 0 unspecified atom stereocenters. The van der Waals surface area contributed by atoms with Crippen LogP contribution in [0.1, 0.15) is 104 Å². The summed E-state index contributed by atoms with van der Waals surface area (Å²) in [4.78, 5) is 10.2. The first-order valence-electron chi connectivity index (χ1n) is 9.10. The van der Waals surface area contributed by atoms with Crippen LogP contribution in [0.4, 0.5) is 0 Å². The summed E-state index contributed by atoms with van der Waals surface area (Å²) in [6, 6.07) is 0. The van der Waals surface area contributed by atoms with Gasteiger partial charge in [0.15, 0.2) is 0 Å². The smallest absolute Gasteiger partial charge is 0.303 e. The van der Waals surface area contributed by atoms with Gasteiger partial charge in [-0.05, 0) is 19.4 Å². The molecule has 3 heteroatoms. The number of carboxylic acids is 1. The first-order valence-corrected chi connectivity index (χ1v) is 9.10. The highest BCUT2D eigenvalue weighted by Crippen LogP contribution is 2.10. The Morgan fingerprint density at radius 3 is 1.48 bits per heavy atom. The Balaban J connectivity index is 0. The third-order valence-electron chi connectivity index (χ3n) is 3.55. The predicted molar refractivity (Wildman–Crippen MR) is 92.7 cm³/mol. The average molecular weight is 302 g/mol. The van der Waals surface area contributed by atoms with Crippen molar-refractivity contribution in [3.63, 3.8) is 0 Å². The van der Waals surface area contributed by atoms with Gasteiger partial charge in [0.1, 0.15) is 0 Å². The van der Waals surface area contributed by atoms with Gasteiger partial charge in [-0.2, -0.15) is 0 Å². The highest BCUT2D eigenvalue weighted by Gasteiger charge is 1.96. The summed E-state index contributed by atoms with van der Waals surface area (Å²) >= 11 is 0. The van der Waals surface area contributed by atoms with Crippen LogP contribution in [0.3, 0.4) is 0 Å². The minimum absolute atomic E-state index is 0.343. The number of carbonyl (C=O) groups is 1. The van der Waals surface area contributed by atoms with E-state index in [1.165, 1.54) is 70.6 Å². The van der Waals surface area contributed by atoms with Crippen molar-refractivity contribution in [1.82, 2.24) is 0 Å². The molecule has 0 aromatic rings. The van der Waals surface area contributed by atoms with Crippen molar-refractivity contribution in [1.29, 1.82) is 0 Å². The monoisotopic (exact) mass is 301 g/mol. The molecule has 0 aliphatic rings. The van der Waals surface area contributed by atoms with Crippen LogP contribution >= 0.6 is 0 Å². The highest BCUT2D eigenvalue weighted by molar-refractivity contribution is 5.66. The molecule has 0 atom stereocenters. The zero-order valence-corrected chi connectivity index (χ0v) is 14.5. The molecule has 0 aliphatic heterocycles. The molecule has 128 valence electrons. The third kappa shape index (κ3) is 28.3. The van der Waals surface area contributed by atoms with E-state index in [0.717, 1.165) is 19.4 Å². The van der Waals surface area contributed by atoms with E-state index in [0.29, 0.717) is 6.42 Å². The van der Waals surface area contributed by atoms with E-state index < -0.39 is 5.97 Å². The molecule has 0 saturated carbocycles. The van der Waals surface area contributed by atoms with Crippen LogP contribution in [0, 0.1) is 0 Å². The van der Waals surface area contributed by atoms with Gasteiger partial charge in [0.05, 0.1) is 0 Å². The van der Waals surface area contributed by atoms with Crippen LogP contribution in [0.2, 0.25) is 0 Å². The summed E-state index contributed by atoms with van der Waals surface area (Å²) in [6.07, 6.45) is 16.6. The van der Waals surface area contributed by atoms with Crippen LogP contribution in [-0.2, 0) is 4.79 Å². The Labute approximate surface area is 132 Å². The zero-order valence-electron chi connectivity index (χ0n) is 14.5. The first-order chi connectivity index (χ1) is 10.2. The van der Waals surface area contributed by atoms with Gasteiger partial charge in [-0.25, -0.2) is 0 Å². The van der Waals surface area contributed by atoms with Crippen LogP contribution in [-0.4, -0.2) is 17.6 Å². The normalized spacial score (nSPS) is 10.0. The maximum absolute atomic E-state index is 10.2. The Morgan fingerprint density at radius 1 is 0.714 bits per heavy atom. The summed E-state index contributed by atoms with van der Waals surface area (Å²) in [5.74, 6) is -0.659. The van der Waals surface area contributed by atoms with Gasteiger partial charge in [-0.3, -0.25) is 4.79 Å². The Kier molecular flexibility index (Phi) is 23.5. The molecule has 0 bridgehead atoms. The topological polar surface area (TPSA) is 63.3 Å². The Bertz CT molecular complexity index is 192. The zero-order chi connectivity index (χ0) is 16.2. The molecule has 0 amide bonds. The molecule has 3 N–H and O–H groups in total. The summed E-state index contributed by atoms with van der Waals surface area (Å²) in [6.45, 7) is 5.29. The predicted octanol–water partition coefficient (Wildman–Crippen LogP) is 5.52. The largest absolute Gasteiger partial charge is 0.481 e. The number of hydrogen-bond acceptors (Lipinski definition) is 2. The fourth-order valence-electron chi connectivity index (χ4n) is 2.16. The standard InChI is InChI=1S/C12H24O2.C6H15N/c1-2-3-4-5-6-7-8-9-10-11-12(13)14;1-2-3-4-5-6-7/h2-11H2,1H3,(H,13,14);2-7H2,1H3. The van der Waals surface area contributed by atoms with Crippen LogP contribution in [0.25, 0.3) is 0 Å². The van der Waals surface area contributed by atoms with Crippen molar-refractivity contribution in [2.75, 3.05) is 6.54 Å². The second-order valence-corrected chi connectivity index (χ2v) is 5.82. The van der Waals surface area contributed by atoms with Gasteiger partial charge < -0.3 is 10.8 Å². The second-order valence-electron chi connectivity index (χ2n) is 5.82. The summed E-state index contributed by atoms with van der Waals surface area (Å²) in [7, 11) is 0. The average Bonchev–Trinajstić information content (AvgIpc) is 2.46. The van der Waals surface area contributed by atoms with Crippen LogP contribution in [0.5, 0.6) is 0 Å². The Hall–Kier alpha value is -0.570. The molecule has 21 heavy (non-hydrogen) atoms. The molecule has 0 spiro atoms. The second kappa shape index (κ2) is 21.7. The van der Waals surface area contributed by atoms with Gasteiger partial charge in [0.2, 0.25) is 0 Å². The molecular weight excluding hydrogens is 262 g/mol. The SMILES string of the molecule is CCCCCCCCCCCC(=O)O.CCCCCCN. The molecule has 0 aromatic carbocycles. The summed E-state index contributed by atoms with van der Waals surface area (Å²) in [5.41, 5.74) is 5.27. The highest BCUT2D eigenvalue weighted by atomic mass is 16.4. The van der Waals surface area contributed by atoms with Crippen molar-refractivity contribution < 1.29 is 9.90 Å². The van der Waals surface area contributed by atoms with E-state index in [4.69, 9.17) is 10.8 Å².